The van der Waals surface area contributed by atoms with Crippen molar-refractivity contribution in [2.24, 2.45) is 0 Å². The summed E-state index contributed by atoms with van der Waals surface area (Å²) in [6.07, 6.45) is 0.585. The van der Waals surface area contributed by atoms with Crippen LogP contribution in [0.1, 0.15) is 37.1 Å². The van der Waals surface area contributed by atoms with Crippen molar-refractivity contribution in [1.29, 1.82) is 0 Å². The van der Waals surface area contributed by atoms with Crippen LogP contribution in [0.25, 0.3) is 0 Å². The molecule has 1 N–H and O–H groups in total. The van der Waals surface area contributed by atoms with Crippen molar-refractivity contribution in [2.45, 2.75) is 33.1 Å². The minimum atomic E-state index is 0.130. The predicted molar refractivity (Wildman–Crippen MR) is 46.1 cm³/mol. The Morgan fingerprint density at radius 1 is 1.50 bits per heavy atom. The van der Waals surface area contributed by atoms with Gasteiger partial charge in [-0.2, -0.15) is 0 Å². The maximum Gasteiger partial charge on any atom is 0.197 e. The lowest BCUT2D eigenvalue weighted by Gasteiger charge is -1.94. The van der Waals surface area contributed by atoms with Gasteiger partial charge in [-0.1, -0.05) is 13.8 Å². The molecule has 0 aromatic carbocycles. The Bertz CT molecular complexity index is 253. The number of aryl methyl sites for hydroxylation is 1. The van der Waals surface area contributed by atoms with E-state index in [9.17, 15) is 0 Å². The molecule has 0 aliphatic rings. The highest BCUT2D eigenvalue weighted by Crippen LogP contribution is 2.17. The van der Waals surface area contributed by atoms with Crippen LogP contribution in [0, 0.1) is 6.92 Å². The first-order valence-electron chi connectivity index (χ1n) is 4.22. The molecule has 0 saturated carbocycles. The van der Waals surface area contributed by atoms with Gasteiger partial charge < -0.3 is 9.52 Å². The van der Waals surface area contributed by atoms with E-state index >= 15 is 0 Å². The average Bonchev–Trinajstić information content (AvgIpc) is 2.34. The number of nitrogens with zero attached hydrogens (tertiary/aromatic N) is 1. The molecule has 68 valence electrons. The molecule has 0 amide bonds. The SMILES string of the molecule is Cc1oc(C(C)C)nc1CCO. The minimum absolute atomic E-state index is 0.130. The number of aromatic nitrogens is 1. The van der Waals surface area contributed by atoms with Gasteiger partial charge in [0, 0.05) is 18.9 Å². The molecule has 1 heterocycles. The van der Waals surface area contributed by atoms with Crippen LogP contribution in [0.3, 0.4) is 0 Å². The highest BCUT2D eigenvalue weighted by Gasteiger charge is 2.11. The summed E-state index contributed by atoms with van der Waals surface area (Å²) in [6.45, 7) is 6.08. The quantitative estimate of drug-likeness (QED) is 0.748. The van der Waals surface area contributed by atoms with E-state index in [0.717, 1.165) is 17.3 Å². The Kier molecular flexibility index (Phi) is 2.87. The molecule has 1 rings (SSSR count). The summed E-state index contributed by atoms with van der Waals surface area (Å²) >= 11 is 0. The van der Waals surface area contributed by atoms with Crippen LogP contribution < -0.4 is 0 Å². The van der Waals surface area contributed by atoms with E-state index in [4.69, 9.17) is 9.52 Å². The normalized spacial score (nSPS) is 11.1. The van der Waals surface area contributed by atoms with Crippen molar-refractivity contribution in [3.63, 3.8) is 0 Å². The summed E-state index contributed by atoms with van der Waals surface area (Å²) in [6, 6.07) is 0. The molecule has 3 nitrogen and oxygen atoms in total. The first-order valence-corrected chi connectivity index (χ1v) is 4.22. The molecule has 1 aromatic heterocycles. The lowest BCUT2D eigenvalue weighted by molar-refractivity contribution is 0.297. The molecule has 0 bridgehead atoms. The number of hydrogen-bond donors (Lipinski definition) is 1. The molecular weight excluding hydrogens is 154 g/mol. The highest BCUT2D eigenvalue weighted by molar-refractivity contribution is 5.09. The molecular formula is C9H15NO2. The van der Waals surface area contributed by atoms with Gasteiger partial charge in [-0.05, 0) is 6.92 Å². The maximum atomic E-state index is 8.71. The Balaban J connectivity index is 2.85. The molecule has 0 fully saturated rings. The van der Waals surface area contributed by atoms with Gasteiger partial charge in [0.25, 0.3) is 0 Å². The summed E-state index contributed by atoms with van der Waals surface area (Å²) in [5.41, 5.74) is 0.876. The average molecular weight is 169 g/mol. The standard InChI is InChI=1S/C9H15NO2/c1-6(2)9-10-8(4-5-11)7(3)12-9/h6,11H,4-5H2,1-3H3. The zero-order chi connectivity index (χ0) is 9.14. The van der Waals surface area contributed by atoms with Gasteiger partial charge >= 0.3 is 0 Å². The minimum Gasteiger partial charge on any atom is -0.445 e. The largest absolute Gasteiger partial charge is 0.445 e. The van der Waals surface area contributed by atoms with Gasteiger partial charge in [0.05, 0.1) is 5.69 Å². The van der Waals surface area contributed by atoms with E-state index < -0.39 is 0 Å². The molecule has 0 aliphatic heterocycles. The van der Waals surface area contributed by atoms with Crippen LogP contribution in [-0.4, -0.2) is 16.7 Å². The number of aliphatic hydroxyl groups is 1. The smallest absolute Gasteiger partial charge is 0.197 e. The summed E-state index contributed by atoms with van der Waals surface area (Å²) in [5, 5.41) is 8.71. The van der Waals surface area contributed by atoms with Crippen LogP contribution in [0.4, 0.5) is 0 Å². The Morgan fingerprint density at radius 2 is 2.17 bits per heavy atom. The van der Waals surface area contributed by atoms with E-state index in [2.05, 4.69) is 4.98 Å². The van der Waals surface area contributed by atoms with Gasteiger partial charge in [0.1, 0.15) is 5.76 Å². The van der Waals surface area contributed by atoms with E-state index in [1.807, 2.05) is 20.8 Å². The van der Waals surface area contributed by atoms with Gasteiger partial charge in [-0.25, -0.2) is 4.98 Å². The van der Waals surface area contributed by atoms with E-state index in [1.54, 1.807) is 0 Å². The molecule has 3 heteroatoms. The predicted octanol–water partition coefficient (Wildman–Crippen LogP) is 1.64. The van der Waals surface area contributed by atoms with E-state index in [1.165, 1.54) is 0 Å². The second-order valence-corrected chi connectivity index (χ2v) is 3.18. The third-order valence-electron chi connectivity index (χ3n) is 1.75. The van der Waals surface area contributed by atoms with E-state index in [0.29, 0.717) is 12.3 Å². The number of hydrogen-bond acceptors (Lipinski definition) is 3. The zero-order valence-corrected chi connectivity index (χ0v) is 7.79. The third kappa shape index (κ3) is 1.85. The van der Waals surface area contributed by atoms with Crippen molar-refractivity contribution in [3.8, 4) is 0 Å². The number of oxazole rings is 1. The van der Waals surface area contributed by atoms with Crippen molar-refractivity contribution in [3.05, 3.63) is 17.3 Å². The second-order valence-electron chi connectivity index (χ2n) is 3.18. The monoisotopic (exact) mass is 169 g/mol. The van der Waals surface area contributed by atoms with E-state index in [-0.39, 0.29) is 6.61 Å². The van der Waals surface area contributed by atoms with Crippen molar-refractivity contribution < 1.29 is 9.52 Å². The molecule has 0 atom stereocenters. The van der Waals surface area contributed by atoms with Gasteiger partial charge in [0.15, 0.2) is 5.89 Å². The van der Waals surface area contributed by atoms with Crippen molar-refractivity contribution >= 4 is 0 Å². The van der Waals surface area contributed by atoms with Gasteiger partial charge in [0.2, 0.25) is 0 Å². The maximum absolute atomic E-state index is 8.71. The van der Waals surface area contributed by atoms with Gasteiger partial charge in [-0.15, -0.1) is 0 Å². The number of rotatable bonds is 3. The first kappa shape index (κ1) is 9.26. The summed E-state index contributed by atoms with van der Waals surface area (Å²) < 4.78 is 5.41. The van der Waals surface area contributed by atoms with Crippen LogP contribution in [0.5, 0.6) is 0 Å². The Morgan fingerprint density at radius 3 is 2.58 bits per heavy atom. The lowest BCUT2D eigenvalue weighted by Crippen LogP contribution is -1.93. The van der Waals surface area contributed by atoms with Crippen molar-refractivity contribution in [1.82, 2.24) is 4.98 Å². The van der Waals surface area contributed by atoms with Gasteiger partial charge in [-0.3, -0.25) is 0 Å². The Labute approximate surface area is 72.4 Å². The van der Waals surface area contributed by atoms with Crippen LogP contribution in [0.15, 0.2) is 4.42 Å². The lowest BCUT2D eigenvalue weighted by atomic mass is 10.2. The molecule has 0 spiro atoms. The molecule has 1 aromatic rings. The topological polar surface area (TPSA) is 46.3 Å². The van der Waals surface area contributed by atoms with Crippen LogP contribution >= 0.6 is 0 Å². The summed E-state index contributed by atoms with van der Waals surface area (Å²) in [7, 11) is 0. The number of aliphatic hydroxyl groups excluding tert-OH is 1. The van der Waals surface area contributed by atoms with Crippen molar-refractivity contribution in [2.75, 3.05) is 6.61 Å². The zero-order valence-electron chi connectivity index (χ0n) is 7.79. The molecule has 0 unspecified atom stereocenters. The highest BCUT2D eigenvalue weighted by atomic mass is 16.4. The first-order chi connectivity index (χ1) is 5.65. The van der Waals surface area contributed by atoms with Crippen LogP contribution in [0.2, 0.25) is 0 Å². The summed E-state index contributed by atoms with van der Waals surface area (Å²) in [5.74, 6) is 1.90. The fraction of sp³-hybridized carbons (Fsp3) is 0.667. The van der Waals surface area contributed by atoms with Crippen LogP contribution in [-0.2, 0) is 6.42 Å². The second kappa shape index (κ2) is 3.72. The molecule has 0 radical (unpaired) electrons. The fourth-order valence-corrected chi connectivity index (χ4v) is 1.04. The third-order valence-corrected chi connectivity index (χ3v) is 1.75. The molecule has 12 heavy (non-hydrogen) atoms. The summed E-state index contributed by atoms with van der Waals surface area (Å²) in [4.78, 5) is 4.27. The molecule has 0 aliphatic carbocycles. The fourth-order valence-electron chi connectivity index (χ4n) is 1.04. The Hall–Kier alpha value is -0.830. The molecule has 0 saturated heterocycles.